The third-order valence-electron chi connectivity index (χ3n) is 6.07. The van der Waals surface area contributed by atoms with Crippen LogP contribution in [0.4, 0.5) is 4.79 Å². The highest BCUT2D eigenvalue weighted by Crippen LogP contribution is 2.25. The van der Waals surface area contributed by atoms with Gasteiger partial charge in [-0.15, -0.1) is 0 Å². The topological polar surface area (TPSA) is 59.1 Å². The van der Waals surface area contributed by atoms with Gasteiger partial charge in [0.05, 0.1) is 12.7 Å². The summed E-state index contributed by atoms with van der Waals surface area (Å²) in [4.78, 5) is 28.1. The second-order valence-corrected chi connectivity index (χ2v) is 8.75. The van der Waals surface area contributed by atoms with Crippen molar-refractivity contribution in [2.75, 3.05) is 32.8 Å². The largest absolute Gasteiger partial charge is 0.493 e. The molecule has 0 radical (unpaired) electrons. The lowest BCUT2D eigenvalue weighted by atomic mass is 9.98. The SMILES string of the molecule is CCN(CC)C(=O)c1ccc(-c2ccc(OCC3CCN(C(=O)OC(C)C)CC3)cc2)cc1. The molecule has 178 valence electrons. The first-order valence-electron chi connectivity index (χ1n) is 12.0. The number of amides is 2. The highest BCUT2D eigenvalue weighted by atomic mass is 16.6. The molecule has 0 saturated carbocycles. The maximum absolute atomic E-state index is 12.5. The van der Waals surface area contributed by atoms with Crippen LogP contribution in [-0.4, -0.2) is 60.7 Å². The Morgan fingerprint density at radius 2 is 1.48 bits per heavy atom. The average molecular weight is 453 g/mol. The quantitative estimate of drug-likeness (QED) is 0.533. The summed E-state index contributed by atoms with van der Waals surface area (Å²) in [6.07, 6.45) is 1.54. The minimum Gasteiger partial charge on any atom is -0.493 e. The second kappa shape index (κ2) is 11.7. The first-order valence-corrected chi connectivity index (χ1v) is 12.0. The van der Waals surface area contributed by atoms with E-state index in [0.29, 0.717) is 44.3 Å². The molecule has 6 nitrogen and oxygen atoms in total. The molecule has 0 bridgehead atoms. The van der Waals surface area contributed by atoms with Crippen molar-refractivity contribution in [3.63, 3.8) is 0 Å². The van der Waals surface area contributed by atoms with Crippen LogP contribution in [0.1, 0.15) is 50.9 Å². The molecule has 1 saturated heterocycles. The Bertz CT molecular complexity index is 897. The zero-order valence-corrected chi connectivity index (χ0v) is 20.3. The number of hydrogen-bond donors (Lipinski definition) is 0. The lowest BCUT2D eigenvalue weighted by molar-refractivity contribution is 0.0608. The molecule has 6 heteroatoms. The van der Waals surface area contributed by atoms with Gasteiger partial charge in [0.1, 0.15) is 5.75 Å². The lowest BCUT2D eigenvalue weighted by Gasteiger charge is -2.31. The predicted octanol–water partition coefficient (Wildman–Crippen LogP) is 5.47. The van der Waals surface area contributed by atoms with Crippen LogP contribution in [-0.2, 0) is 4.74 Å². The minimum absolute atomic E-state index is 0.0675. The van der Waals surface area contributed by atoms with Crippen molar-refractivity contribution in [3.05, 3.63) is 54.1 Å². The molecule has 0 aromatic heterocycles. The fraction of sp³-hybridized carbons (Fsp3) is 0.481. The fourth-order valence-electron chi connectivity index (χ4n) is 4.01. The normalized spacial score (nSPS) is 14.3. The van der Waals surface area contributed by atoms with E-state index in [1.54, 1.807) is 4.90 Å². The molecule has 2 amide bonds. The van der Waals surface area contributed by atoms with Gasteiger partial charge in [0, 0.05) is 31.7 Å². The van der Waals surface area contributed by atoms with E-state index in [0.717, 1.165) is 29.7 Å². The number of benzene rings is 2. The van der Waals surface area contributed by atoms with E-state index < -0.39 is 0 Å². The number of rotatable bonds is 8. The highest BCUT2D eigenvalue weighted by molar-refractivity contribution is 5.94. The van der Waals surface area contributed by atoms with Crippen LogP contribution in [0.15, 0.2) is 48.5 Å². The molecule has 1 fully saturated rings. The molecule has 0 aliphatic carbocycles. The molecule has 2 aromatic carbocycles. The number of hydrogen-bond acceptors (Lipinski definition) is 4. The molecule has 1 heterocycles. The molecular formula is C27H36N2O4. The van der Waals surface area contributed by atoms with E-state index in [2.05, 4.69) is 0 Å². The average Bonchev–Trinajstić information content (AvgIpc) is 2.84. The third kappa shape index (κ3) is 6.73. The van der Waals surface area contributed by atoms with Crippen LogP contribution in [0.3, 0.4) is 0 Å². The van der Waals surface area contributed by atoms with Crippen molar-refractivity contribution in [1.29, 1.82) is 0 Å². The van der Waals surface area contributed by atoms with Crippen molar-refractivity contribution in [1.82, 2.24) is 9.80 Å². The fourth-order valence-corrected chi connectivity index (χ4v) is 4.01. The zero-order valence-electron chi connectivity index (χ0n) is 20.3. The summed E-state index contributed by atoms with van der Waals surface area (Å²) < 4.78 is 11.3. The standard InChI is InChI=1S/C27H36N2O4/c1-5-28(6-2)26(30)24-9-7-22(8-10-24)23-11-13-25(14-12-23)32-19-21-15-17-29(18-16-21)27(31)33-20(3)4/h7-14,20-21H,5-6,15-19H2,1-4H3. The highest BCUT2D eigenvalue weighted by Gasteiger charge is 2.24. The summed E-state index contributed by atoms with van der Waals surface area (Å²) in [6, 6.07) is 15.8. The van der Waals surface area contributed by atoms with Crippen LogP contribution in [0, 0.1) is 5.92 Å². The number of carbonyl (C=O) groups is 2. The van der Waals surface area contributed by atoms with E-state index in [1.807, 2.05) is 81.1 Å². The third-order valence-corrected chi connectivity index (χ3v) is 6.07. The molecule has 0 atom stereocenters. The first-order chi connectivity index (χ1) is 15.9. The molecule has 33 heavy (non-hydrogen) atoms. The van der Waals surface area contributed by atoms with Gasteiger partial charge in [-0.25, -0.2) is 4.79 Å². The van der Waals surface area contributed by atoms with Gasteiger partial charge in [0.25, 0.3) is 5.91 Å². The maximum atomic E-state index is 12.5. The molecule has 3 rings (SSSR count). The molecule has 1 aliphatic heterocycles. The summed E-state index contributed by atoms with van der Waals surface area (Å²) in [5.74, 6) is 1.34. The van der Waals surface area contributed by atoms with Crippen LogP contribution in [0.25, 0.3) is 11.1 Å². The first kappa shape index (κ1) is 24.6. The molecule has 0 unspecified atom stereocenters. The van der Waals surface area contributed by atoms with Crippen molar-refractivity contribution in [3.8, 4) is 16.9 Å². The Balaban J connectivity index is 1.49. The van der Waals surface area contributed by atoms with Gasteiger partial charge in [-0.2, -0.15) is 0 Å². The number of likely N-dealkylation sites (tertiary alicyclic amines) is 1. The van der Waals surface area contributed by atoms with E-state index in [-0.39, 0.29) is 18.1 Å². The summed E-state index contributed by atoms with van der Waals surface area (Å²) in [6.45, 7) is 11.2. The van der Waals surface area contributed by atoms with Crippen LogP contribution < -0.4 is 4.74 Å². The Labute approximate surface area is 197 Å². The molecule has 0 N–H and O–H groups in total. The van der Waals surface area contributed by atoms with Crippen molar-refractivity contribution >= 4 is 12.0 Å². The number of ether oxygens (including phenoxy) is 2. The van der Waals surface area contributed by atoms with Gasteiger partial charge in [0.15, 0.2) is 0 Å². The van der Waals surface area contributed by atoms with E-state index in [9.17, 15) is 9.59 Å². The molecule has 0 spiro atoms. The van der Waals surface area contributed by atoms with Crippen molar-refractivity contribution in [2.24, 2.45) is 5.92 Å². The maximum Gasteiger partial charge on any atom is 0.410 e. The number of nitrogens with zero attached hydrogens (tertiary/aromatic N) is 2. The molecule has 1 aliphatic rings. The van der Waals surface area contributed by atoms with Crippen LogP contribution in [0.5, 0.6) is 5.75 Å². The van der Waals surface area contributed by atoms with Crippen molar-refractivity contribution < 1.29 is 19.1 Å². The molecular weight excluding hydrogens is 416 g/mol. The lowest BCUT2D eigenvalue weighted by Crippen LogP contribution is -2.40. The zero-order chi connectivity index (χ0) is 23.8. The Morgan fingerprint density at radius 3 is 2.00 bits per heavy atom. The van der Waals surface area contributed by atoms with E-state index in [4.69, 9.17) is 9.47 Å². The Hall–Kier alpha value is -3.02. The van der Waals surface area contributed by atoms with Crippen LogP contribution >= 0.6 is 0 Å². The smallest absolute Gasteiger partial charge is 0.410 e. The predicted molar refractivity (Wildman–Crippen MR) is 131 cm³/mol. The Kier molecular flexibility index (Phi) is 8.75. The van der Waals surface area contributed by atoms with Gasteiger partial charge in [-0.3, -0.25) is 4.79 Å². The van der Waals surface area contributed by atoms with Gasteiger partial charge in [-0.1, -0.05) is 24.3 Å². The van der Waals surface area contributed by atoms with Gasteiger partial charge in [0.2, 0.25) is 0 Å². The van der Waals surface area contributed by atoms with Gasteiger partial charge < -0.3 is 19.3 Å². The van der Waals surface area contributed by atoms with Gasteiger partial charge >= 0.3 is 6.09 Å². The second-order valence-electron chi connectivity index (χ2n) is 8.75. The monoisotopic (exact) mass is 452 g/mol. The summed E-state index contributed by atoms with van der Waals surface area (Å²) in [5, 5.41) is 0. The van der Waals surface area contributed by atoms with E-state index in [1.165, 1.54) is 0 Å². The minimum atomic E-state index is -0.217. The number of piperidine rings is 1. The van der Waals surface area contributed by atoms with Crippen molar-refractivity contribution in [2.45, 2.75) is 46.6 Å². The summed E-state index contributed by atoms with van der Waals surface area (Å²) >= 11 is 0. The number of carbonyl (C=O) groups excluding carboxylic acids is 2. The summed E-state index contributed by atoms with van der Waals surface area (Å²) in [5.41, 5.74) is 2.87. The van der Waals surface area contributed by atoms with Crippen LogP contribution in [0.2, 0.25) is 0 Å². The Morgan fingerprint density at radius 1 is 0.939 bits per heavy atom. The van der Waals surface area contributed by atoms with Gasteiger partial charge in [-0.05, 0) is 81.8 Å². The van der Waals surface area contributed by atoms with E-state index >= 15 is 0 Å². The molecule has 2 aromatic rings. The summed E-state index contributed by atoms with van der Waals surface area (Å²) in [7, 11) is 0.